The van der Waals surface area contributed by atoms with E-state index in [2.05, 4.69) is 10.1 Å². The highest BCUT2D eigenvalue weighted by Gasteiger charge is 2.29. The number of hydrogen-bond acceptors (Lipinski definition) is 4. The van der Waals surface area contributed by atoms with Crippen LogP contribution >= 0.6 is 0 Å². The molecule has 0 saturated carbocycles. The van der Waals surface area contributed by atoms with Crippen LogP contribution in [-0.2, 0) is 11.3 Å². The highest BCUT2D eigenvalue weighted by molar-refractivity contribution is 5.67. The van der Waals surface area contributed by atoms with Crippen LogP contribution in [0.3, 0.4) is 0 Å². The van der Waals surface area contributed by atoms with Gasteiger partial charge in [0.05, 0.1) is 13.0 Å². The monoisotopic (exact) mass is 272 g/mol. The quantitative estimate of drug-likeness (QED) is 0.904. The number of likely N-dealkylation sites (tertiary alicyclic amines) is 1. The molecule has 1 N–H and O–H groups in total. The van der Waals surface area contributed by atoms with Gasteiger partial charge in [-0.3, -0.25) is 9.69 Å². The zero-order chi connectivity index (χ0) is 13.9. The van der Waals surface area contributed by atoms with Crippen LogP contribution in [0.25, 0.3) is 11.3 Å². The largest absolute Gasteiger partial charge is 0.481 e. The highest BCUT2D eigenvalue weighted by Crippen LogP contribution is 2.24. The Morgan fingerprint density at radius 1 is 1.35 bits per heavy atom. The molecule has 1 aliphatic heterocycles. The number of carboxylic acid groups (broad SMARTS) is 1. The fourth-order valence-corrected chi connectivity index (χ4v) is 2.53. The van der Waals surface area contributed by atoms with Crippen LogP contribution < -0.4 is 0 Å². The Hall–Kier alpha value is -2.14. The van der Waals surface area contributed by atoms with Crippen LogP contribution in [0.15, 0.2) is 40.9 Å². The summed E-state index contributed by atoms with van der Waals surface area (Å²) < 4.78 is 5.33. The Labute approximate surface area is 116 Å². The Morgan fingerprint density at radius 2 is 2.10 bits per heavy atom. The van der Waals surface area contributed by atoms with Gasteiger partial charge in [-0.1, -0.05) is 35.5 Å². The minimum atomic E-state index is -0.722. The first-order valence-corrected chi connectivity index (χ1v) is 6.66. The Morgan fingerprint density at radius 3 is 2.80 bits per heavy atom. The maximum Gasteiger partial charge on any atom is 0.303 e. The van der Waals surface area contributed by atoms with Crippen LogP contribution in [0.4, 0.5) is 0 Å². The van der Waals surface area contributed by atoms with E-state index in [-0.39, 0.29) is 12.3 Å². The average molecular weight is 272 g/mol. The summed E-state index contributed by atoms with van der Waals surface area (Å²) in [6, 6.07) is 11.8. The van der Waals surface area contributed by atoms with E-state index in [1.165, 1.54) is 0 Å². The number of aromatic nitrogens is 1. The fourth-order valence-electron chi connectivity index (χ4n) is 2.53. The van der Waals surface area contributed by atoms with Crippen molar-refractivity contribution in [2.45, 2.75) is 13.0 Å². The third kappa shape index (κ3) is 2.88. The summed E-state index contributed by atoms with van der Waals surface area (Å²) in [4.78, 5) is 12.8. The van der Waals surface area contributed by atoms with Crippen molar-refractivity contribution in [2.24, 2.45) is 5.92 Å². The molecule has 1 aromatic carbocycles. The van der Waals surface area contributed by atoms with E-state index in [1.54, 1.807) is 0 Å². The molecule has 5 heteroatoms. The first-order chi connectivity index (χ1) is 9.70. The Kier molecular flexibility index (Phi) is 3.52. The van der Waals surface area contributed by atoms with Crippen molar-refractivity contribution in [1.29, 1.82) is 0 Å². The van der Waals surface area contributed by atoms with E-state index < -0.39 is 5.97 Å². The molecule has 0 bridgehead atoms. The summed E-state index contributed by atoms with van der Waals surface area (Å²) in [6.45, 7) is 2.32. The third-order valence-electron chi connectivity index (χ3n) is 3.50. The molecule has 20 heavy (non-hydrogen) atoms. The molecular formula is C15H16N2O3. The van der Waals surface area contributed by atoms with Crippen LogP contribution in [0.2, 0.25) is 0 Å². The molecule has 2 aromatic rings. The van der Waals surface area contributed by atoms with E-state index in [0.717, 1.165) is 30.1 Å². The maximum atomic E-state index is 10.6. The fraction of sp³-hybridized carbons (Fsp3) is 0.333. The summed E-state index contributed by atoms with van der Waals surface area (Å²) in [5.41, 5.74) is 1.87. The molecule has 1 aromatic heterocycles. The topological polar surface area (TPSA) is 66.6 Å². The van der Waals surface area contributed by atoms with Gasteiger partial charge < -0.3 is 9.63 Å². The molecule has 1 aliphatic rings. The van der Waals surface area contributed by atoms with Crippen LogP contribution in [0.5, 0.6) is 0 Å². The molecule has 104 valence electrons. The lowest BCUT2D eigenvalue weighted by molar-refractivity contribution is -0.139. The third-order valence-corrected chi connectivity index (χ3v) is 3.50. The van der Waals surface area contributed by atoms with Crippen molar-refractivity contribution in [3.8, 4) is 11.3 Å². The van der Waals surface area contributed by atoms with Crippen LogP contribution in [0.1, 0.15) is 12.2 Å². The first kappa shape index (κ1) is 12.9. The molecule has 1 fully saturated rings. The minimum Gasteiger partial charge on any atom is -0.481 e. The van der Waals surface area contributed by atoms with Crippen molar-refractivity contribution in [3.05, 3.63) is 42.2 Å². The van der Waals surface area contributed by atoms with Crippen LogP contribution in [-0.4, -0.2) is 34.2 Å². The van der Waals surface area contributed by atoms with Crippen molar-refractivity contribution in [3.63, 3.8) is 0 Å². The summed E-state index contributed by atoms with van der Waals surface area (Å²) in [5, 5.41) is 12.8. The summed E-state index contributed by atoms with van der Waals surface area (Å²) in [7, 11) is 0. The van der Waals surface area contributed by atoms with Gasteiger partial charge >= 0.3 is 5.97 Å². The second kappa shape index (κ2) is 5.46. The second-order valence-electron chi connectivity index (χ2n) is 5.20. The average Bonchev–Trinajstić information content (AvgIpc) is 2.85. The summed E-state index contributed by atoms with van der Waals surface area (Å²) in [5.74, 6) is 0.363. The molecule has 0 unspecified atom stereocenters. The van der Waals surface area contributed by atoms with Gasteiger partial charge in [0.25, 0.3) is 0 Å². The van der Waals surface area contributed by atoms with Crippen molar-refractivity contribution in [2.75, 3.05) is 13.1 Å². The summed E-state index contributed by atoms with van der Waals surface area (Å²) >= 11 is 0. The van der Waals surface area contributed by atoms with Gasteiger partial charge in [-0.25, -0.2) is 0 Å². The molecule has 2 heterocycles. The van der Waals surface area contributed by atoms with Gasteiger partial charge in [0.15, 0.2) is 5.76 Å². The SMILES string of the molecule is O=C(O)CC1CN(Cc2cc(-c3ccccc3)no2)C1. The molecule has 0 atom stereocenters. The molecule has 1 saturated heterocycles. The molecule has 5 nitrogen and oxygen atoms in total. The predicted octanol–water partition coefficient (Wildman–Crippen LogP) is 2.25. The Balaban J connectivity index is 1.56. The number of hydrogen-bond donors (Lipinski definition) is 1. The molecular weight excluding hydrogens is 256 g/mol. The minimum absolute atomic E-state index is 0.252. The van der Waals surface area contributed by atoms with E-state index in [9.17, 15) is 4.79 Å². The normalized spacial score (nSPS) is 16.0. The van der Waals surface area contributed by atoms with E-state index in [0.29, 0.717) is 6.54 Å². The standard InChI is InChI=1S/C15H16N2O3/c18-15(19)6-11-8-17(9-11)10-13-7-14(16-20-13)12-4-2-1-3-5-12/h1-5,7,11H,6,8-10H2,(H,18,19). The zero-order valence-corrected chi connectivity index (χ0v) is 11.0. The molecule has 0 amide bonds. The van der Waals surface area contributed by atoms with Gasteiger partial charge in [0, 0.05) is 24.7 Å². The molecule has 0 aliphatic carbocycles. The van der Waals surface area contributed by atoms with E-state index in [1.807, 2.05) is 36.4 Å². The zero-order valence-electron chi connectivity index (χ0n) is 11.0. The number of carbonyl (C=O) groups is 1. The van der Waals surface area contributed by atoms with Gasteiger partial charge in [0.2, 0.25) is 0 Å². The molecule has 3 rings (SSSR count). The van der Waals surface area contributed by atoms with Crippen LogP contribution in [0, 0.1) is 5.92 Å². The number of carboxylic acids is 1. The van der Waals surface area contributed by atoms with E-state index in [4.69, 9.17) is 9.63 Å². The van der Waals surface area contributed by atoms with Crippen molar-refractivity contribution in [1.82, 2.24) is 10.1 Å². The van der Waals surface area contributed by atoms with Gasteiger partial charge in [0.1, 0.15) is 5.69 Å². The Bertz CT molecular complexity index is 588. The second-order valence-corrected chi connectivity index (χ2v) is 5.20. The molecule has 0 spiro atoms. The highest BCUT2D eigenvalue weighted by atomic mass is 16.5. The number of benzene rings is 1. The number of aliphatic carboxylic acids is 1. The smallest absolute Gasteiger partial charge is 0.303 e. The van der Waals surface area contributed by atoms with Crippen molar-refractivity contribution >= 4 is 5.97 Å². The van der Waals surface area contributed by atoms with Gasteiger partial charge in [-0.2, -0.15) is 0 Å². The van der Waals surface area contributed by atoms with Crippen molar-refractivity contribution < 1.29 is 14.4 Å². The van der Waals surface area contributed by atoms with Gasteiger partial charge in [-0.15, -0.1) is 0 Å². The number of nitrogens with zero attached hydrogens (tertiary/aromatic N) is 2. The maximum absolute atomic E-state index is 10.6. The predicted molar refractivity (Wildman–Crippen MR) is 73.0 cm³/mol. The van der Waals surface area contributed by atoms with Gasteiger partial charge in [-0.05, 0) is 5.92 Å². The lowest BCUT2D eigenvalue weighted by atomic mass is 9.96. The number of rotatable bonds is 5. The summed E-state index contributed by atoms with van der Waals surface area (Å²) in [6.07, 6.45) is 0.252. The lowest BCUT2D eigenvalue weighted by Crippen LogP contribution is -2.46. The molecule has 0 radical (unpaired) electrons. The lowest BCUT2D eigenvalue weighted by Gasteiger charge is -2.37. The first-order valence-electron chi connectivity index (χ1n) is 6.66. The van der Waals surface area contributed by atoms with E-state index >= 15 is 0 Å².